The van der Waals surface area contributed by atoms with Gasteiger partial charge < -0.3 is 5.11 Å². The molecule has 1 heterocycles. The van der Waals surface area contributed by atoms with Crippen molar-refractivity contribution in [2.24, 2.45) is 5.92 Å². The molecule has 1 unspecified atom stereocenters. The van der Waals surface area contributed by atoms with Gasteiger partial charge >= 0.3 is 0 Å². The van der Waals surface area contributed by atoms with E-state index in [-0.39, 0.29) is 12.0 Å². The van der Waals surface area contributed by atoms with Crippen molar-refractivity contribution in [2.45, 2.75) is 18.7 Å². The van der Waals surface area contributed by atoms with Crippen LogP contribution in [0, 0.1) is 17.2 Å². The third-order valence-corrected chi connectivity index (χ3v) is 3.24. The predicted octanol–water partition coefficient (Wildman–Crippen LogP) is 1.56. The van der Waals surface area contributed by atoms with Crippen molar-refractivity contribution in [3.8, 4) is 6.07 Å². The van der Waals surface area contributed by atoms with Gasteiger partial charge in [-0.3, -0.25) is 4.90 Å². The van der Waals surface area contributed by atoms with Crippen LogP contribution in [-0.2, 0) is 6.54 Å². The van der Waals surface area contributed by atoms with E-state index in [1.54, 1.807) is 6.08 Å². The van der Waals surface area contributed by atoms with E-state index in [0.717, 1.165) is 6.54 Å². The van der Waals surface area contributed by atoms with Gasteiger partial charge in [0, 0.05) is 19.1 Å². The van der Waals surface area contributed by atoms with Crippen LogP contribution in [0.25, 0.3) is 0 Å². The molecule has 1 saturated heterocycles. The van der Waals surface area contributed by atoms with Crippen LogP contribution in [0.15, 0.2) is 43.0 Å². The Kier molecular flexibility index (Phi) is 3.58. The summed E-state index contributed by atoms with van der Waals surface area (Å²) in [6.07, 6.45) is 1.18. The maximum Gasteiger partial charge on any atom is 0.0925 e. The monoisotopic (exact) mass is 228 g/mol. The van der Waals surface area contributed by atoms with Gasteiger partial charge in [-0.05, 0) is 5.56 Å². The van der Waals surface area contributed by atoms with Crippen molar-refractivity contribution in [1.82, 2.24) is 4.90 Å². The molecule has 0 amide bonds. The Bertz CT molecular complexity index is 424. The first-order chi connectivity index (χ1) is 8.26. The minimum atomic E-state index is -0.577. The molecule has 1 aliphatic heterocycles. The van der Waals surface area contributed by atoms with E-state index in [2.05, 4.69) is 17.5 Å². The van der Waals surface area contributed by atoms with E-state index in [1.807, 2.05) is 30.3 Å². The lowest BCUT2D eigenvalue weighted by Crippen LogP contribution is -2.30. The summed E-state index contributed by atoms with van der Waals surface area (Å²) < 4.78 is 0. The van der Waals surface area contributed by atoms with E-state index in [4.69, 9.17) is 5.26 Å². The van der Waals surface area contributed by atoms with E-state index in [0.29, 0.717) is 6.54 Å². The molecule has 0 bridgehead atoms. The van der Waals surface area contributed by atoms with E-state index >= 15 is 0 Å². The van der Waals surface area contributed by atoms with Gasteiger partial charge in [-0.15, -0.1) is 6.58 Å². The van der Waals surface area contributed by atoms with Crippen LogP contribution in [0.5, 0.6) is 0 Å². The number of hydrogen-bond acceptors (Lipinski definition) is 3. The summed E-state index contributed by atoms with van der Waals surface area (Å²) in [6.45, 7) is 5.04. The lowest BCUT2D eigenvalue weighted by atomic mass is 10.0. The molecule has 1 fully saturated rings. The number of aliphatic hydroxyl groups excluding tert-OH is 1. The highest BCUT2D eigenvalue weighted by atomic mass is 16.3. The zero-order valence-corrected chi connectivity index (χ0v) is 9.66. The topological polar surface area (TPSA) is 47.3 Å². The molecule has 17 heavy (non-hydrogen) atoms. The van der Waals surface area contributed by atoms with Crippen LogP contribution in [0.1, 0.15) is 5.56 Å². The van der Waals surface area contributed by atoms with E-state index in [1.165, 1.54) is 5.56 Å². The lowest BCUT2D eigenvalue weighted by molar-refractivity contribution is 0.158. The quantitative estimate of drug-likeness (QED) is 0.799. The van der Waals surface area contributed by atoms with Gasteiger partial charge in [0.2, 0.25) is 0 Å². The number of likely N-dealkylation sites (tertiary alicyclic amines) is 1. The Hall–Kier alpha value is -1.63. The van der Waals surface area contributed by atoms with Gasteiger partial charge in [0.1, 0.15) is 0 Å². The molecule has 1 aromatic rings. The molecule has 2 rings (SSSR count). The minimum Gasteiger partial charge on any atom is -0.390 e. The number of benzene rings is 1. The zero-order chi connectivity index (χ0) is 12.3. The summed E-state index contributed by atoms with van der Waals surface area (Å²) in [5.74, 6) is -0.365. The number of β-amino-alcohol motifs (C(OH)–C–C–N with tert-alkyl or cyclic N) is 1. The molecule has 88 valence electrons. The molecule has 3 nitrogen and oxygen atoms in total. The molecule has 0 spiro atoms. The average molecular weight is 228 g/mol. The molecule has 0 aliphatic carbocycles. The number of rotatable bonds is 3. The fraction of sp³-hybridized carbons (Fsp3) is 0.357. The number of aliphatic hydroxyl groups is 1. The first-order valence-corrected chi connectivity index (χ1v) is 5.74. The molecular formula is C14H16N2O. The highest BCUT2D eigenvalue weighted by Gasteiger charge is 2.39. The SMILES string of the molecule is C=CC1[C@@H](C#N)[C@H](O)CN1Cc1ccccc1. The fourth-order valence-electron chi connectivity index (χ4n) is 2.38. The summed E-state index contributed by atoms with van der Waals surface area (Å²) in [4.78, 5) is 2.10. The second-order valence-electron chi connectivity index (χ2n) is 4.36. The smallest absolute Gasteiger partial charge is 0.0925 e. The Morgan fingerprint density at radius 3 is 2.76 bits per heavy atom. The molecular weight excluding hydrogens is 212 g/mol. The van der Waals surface area contributed by atoms with Crippen molar-refractivity contribution >= 4 is 0 Å². The van der Waals surface area contributed by atoms with Gasteiger partial charge in [-0.1, -0.05) is 36.4 Å². The van der Waals surface area contributed by atoms with Crippen molar-refractivity contribution in [1.29, 1.82) is 5.26 Å². The highest BCUT2D eigenvalue weighted by Crippen LogP contribution is 2.26. The Balaban J connectivity index is 2.12. The van der Waals surface area contributed by atoms with E-state index in [9.17, 15) is 5.11 Å². The van der Waals surface area contributed by atoms with E-state index < -0.39 is 6.10 Å². The summed E-state index contributed by atoms with van der Waals surface area (Å²) in [6, 6.07) is 12.2. The summed E-state index contributed by atoms with van der Waals surface area (Å²) >= 11 is 0. The third kappa shape index (κ3) is 2.38. The molecule has 0 saturated carbocycles. The normalized spacial score (nSPS) is 28.8. The molecule has 1 N–H and O–H groups in total. The maximum absolute atomic E-state index is 9.83. The third-order valence-electron chi connectivity index (χ3n) is 3.24. The molecule has 1 aromatic carbocycles. The number of nitrogens with zero attached hydrogens (tertiary/aromatic N) is 2. The standard InChI is InChI=1S/C14H16N2O/c1-2-13-12(8-15)14(17)10-16(13)9-11-6-4-3-5-7-11/h2-7,12-14,17H,1,9-10H2/t12-,13?,14-/m1/s1. The fourth-order valence-corrected chi connectivity index (χ4v) is 2.38. The van der Waals surface area contributed by atoms with Gasteiger partial charge in [0.25, 0.3) is 0 Å². The first kappa shape index (κ1) is 11.8. The van der Waals surface area contributed by atoms with Crippen LogP contribution in [0.2, 0.25) is 0 Å². The molecule has 3 atom stereocenters. The second kappa shape index (κ2) is 5.13. The minimum absolute atomic E-state index is 0.0600. The number of hydrogen-bond donors (Lipinski definition) is 1. The molecule has 1 aliphatic rings. The molecule has 0 aromatic heterocycles. The molecule has 3 heteroatoms. The van der Waals surface area contributed by atoms with Gasteiger partial charge in [0.15, 0.2) is 0 Å². The molecule has 0 radical (unpaired) electrons. The summed E-state index contributed by atoms with van der Waals surface area (Å²) in [5, 5.41) is 18.9. The summed E-state index contributed by atoms with van der Waals surface area (Å²) in [7, 11) is 0. The largest absolute Gasteiger partial charge is 0.390 e. The van der Waals surface area contributed by atoms with Crippen LogP contribution in [0.4, 0.5) is 0 Å². The van der Waals surface area contributed by atoms with Crippen LogP contribution >= 0.6 is 0 Å². The van der Waals surface area contributed by atoms with Gasteiger partial charge in [-0.25, -0.2) is 0 Å². The summed E-state index contributed by atoms with van der Waals surface area (Å²) in [5.41, 5.74) is 1.19. The predicted molar refractivity (Wildman–Crippen MR) is 65.9 cm³/mol. The maximum atomic E-state index is 9.83. The van der Waals surface area contributed by atoms with Gasteiger partial charge in [-0.2, -0.15) is 5.26 Å². The van der Waals surface area contributed by atoms with Crippen molar-refractivity contribution in [3.63, 3.8) is 0 Å². The first-order valence-electron chi connectivity index (χ1n) is 5.74. The van der Waals surface area contributed by atoms with Crippen molar-refractivity contribution in [3.05, 3.63) is 48.6 Å². The number of nitriles is 1. The lowest BCUT2D eigenvalue weighted by Gasteiger charge is -2.22. The zero-order valence-electron chi connectivity index (χ0n) is 9.66. The van der Waals surface area contributed by atoms with Crippen LogP contribution in [0.3, 0.4) is 0 Å². The Labute approximate surface area is 102 Å². The Morgan fingerprint density at radius 1 is 1.47 bits per heavy atom. The van der Waals surface area contributed by atoms with Crippen molar-refractivity contribution < 1.29 is 5.11 Å². The van der Waals surface area contributed by atoms with Crippen LogP contribution < -0.4 is 0 Å². The van der Waals surface area contributed by atoms with Gasteiger partial charge in [0.05, 0.1) is 18.1 Å². The highest BCUT2D eigenvalue weighted by molar-refractivity contribution is 5.17. The Morgan fingerprint density at radius 2 is 2.18 bits per heavy atom. The second-order valence-corrected chi connectivity index (χ2v) is 4.36. The average Bonchev–Trinajstić information content (AvgIpc) is 2.65. The van der Waals surface area contributed by atoms with Crippen LogP contribution in [-0.4, -0.2) is 28.7 Å². The van der Waals surface area contributed by atoms with Crippen molar-refractivity contribution in [2.75, 3.05) is 6.54 Å².